The molecule has 2 aliphatic carbocycles. The molecule has 0 aromatic rings. The van der Waals surface area contributed by atoms with Gasteiger partial charge >= 0.3 is 6.03 Å². The van der Waals surface area contributed by atoms with Gasteiger partial charge in [-0.1, -0.05) is 0 Å². The maximum Gasteiger partial charge on any atom is 0.326 e. The fourth-order valence-electron chi connectivity index (χ4n) is 4.77. The number of urea groups is 1. The van der Waals surface area contributed by atoms with Crippen LogP contribution in [-0.4, -0.2) is 60.8 Å². The molecule has 3 amide bonds. The Balaban J connectivity index is 1.38. The van der Waals surface area contributed by atoms with Gasteiger partial charge in [-0.3, -0.25) is 9.69 Å². The van der Waals surface area contributed by atoms with Gasteiger partial charge in [-0.2, -0.15) is 0 Å². The molecule has 4 aliphatic rings. The molecule has 2 saturated heterocycles. The van der Waals surface area contributed by atoms with Crippen molar-refractivity contribution < 1.29 is 18.0 Å². The largest absolute Gasteiger partial charge is 0.326 e. The SMILES string of the molecule is CC1CC(CN2CCC(=O)N(CC(C3CC3)C3CC3)C2=O)CCS1(=O)=O. The lowest BCUT2D eigenvalue weighted by atomic mass is 9.96. The molecule has 0 radical (unpaired) electrons. The summed E-state index contributed by atoms with van der Waals surface area (Å²) in [4.78, 5) is 28.7. The molecule has 0 aromatic carbocycles. The van der Waals surface area contributed by atoms with Gasteiger partial charge in [-0.25, -0.2) is 13.2 Å². The highest BCUT2D eigenvalue weighted by Crippen LogP contribution is 2.49. The van der Waals surface area contributed by atoms with E-state index in [9.17, 15) is 18.0 Å². The highest BCUT2D eigenvalue weighted by atomic mass is 32.2. The van der Waals surface area contributed by atoms with Gasteiger partial charge in [0.15, 0.2) is 9.84 Å². The van der Waals surface area contributed by atoms with E-state index in [1.165, 1.54) is 30.6 Å². The van der Waals surface area contributed by atoms with Crippen LogP contribution in [0.15, 0.2) is 0 Å². The van der Waals surface area contributed by atoms with Crippen LogP contribution in [0.5, 0.6) is 0 Å². The van der Waals surface area contributed by atoms with Crippen LogP contribution in [-0.2, 0) is 14.6 Å². The molecular weight excluding hydrogens is 352 g/mol. The Hall–Kier alpha value is -1.11. The van der Waals surface area contributed by atoms with E-state index in [-0.39, 0.29) is 28.9 Å². The molecule has 2 heterocycles. The van der Waals surface area contributed by atoms with Crippen LogP contribution in [0.3, 0.4) is 0 Å². The first-order chi connectivity index (χ1) is 12.3. The third-order valence-corrected chi connectivity index (χ3v) is 9.04. The van der Waals surface area contributed by atoms with E-state index in [0.717, 1.165) is 0 Å². The Morgan fingerprint density at radius 3 is 2.31 bits per heavy atom. The van der Waals surface area contributed by atoms with E-state index in [2.05, 4.69) is 0 Å². The molecule has 0 spiro atoms. The summed E-state index contributed by atoms with van der Waals surface area (Å²) in [7, 11) is -2.96. The van der Waals surface area contributed by atoms with Crippen molar-refractivity contribution in [1.29, 1.82) is 0 Å². The standard InChI is InChI=1S/C19H30N2O4S/c1-13-10-14(7-9-26(13,24)25)11-20-8-6-18(22)21(19(20)23)12-17(15-2-3-15)16-4-5-16/h13-17H,2-12H2,1H3. The van der Waals surface area contributed by atoms with Gasteiger partial charge < -0.3 is 4.90 Å². The van der Waals surface area contributed by atoms with Crippen molar-refractivity contribution in [1.82, 2.24) is 9.80 Å². The number of carbonyl (C=O) groups excluding carboxylic acids is 2. The molecule has 146 valence electrons. The molecule has 0 bridgehead atoms. The van der Waals surface area contributed by atoms with Gasteiger partial charge in [0.2, 0.25) is 5.91 Å². The number of nitrogens with zero attached hydrogens (tertiary/aromatic N) is 2. The van der Waals surface area contributed by atoms with Gasteiger partial charge in [0, 0.05) is 26.1 Å². The predicted octanol–water partition coefficient (Wildman–Crippen LogP) is 2.29. The number of rotatable bonds is 6. The molecular formula is C19H30N2O4S. The van der Waals surface area contributed by atoms with Gasteiger partial charge in [0.25, 0.3) is 0 Å². The van der Waals surface area contributed by atoms with Gasteiger partial charge in [-0.15, -0.1) is 0 Å². The van der Waals surface area contributed by atoms with Crippen LogP contribution in [0.25, 0.3) is 0 Å². The zero-order chi connectivity index (χ0) is 18.5. The number of amides is 3. The first-order valence-electron chi connectivity index (χ1n) is 10.2. The first kappa shape index (κ1) is 18.3. The van der Waals surface area contributed by atoms with Crippen LogP contribution in [0.4, 0.5) is 4.79 Å². The Kier molecular flexibility index (Phi) is 4.78. The highest BCUT2D eigenvalue weighted by molar-refractivity contribution is 7.92. The average molecular weight is 383 g/mol. The first-order valence-corrected chi connectivity index (χ1v) is 11.9. The molecule has 2 atom stereocenters. The summed E-state index contributed by atoms with van der Waals surface area (Å²) in [5.41, 5.74) is 0. The molecule has 2 unspecified atom stereocenters. The van der Waals surface area contributed by atoms with E-state index >= 15 is 0 Å². The smallest absolute Gasteiger partial charge is 0.323 e. The van der Waals surface area contributed by atoms with Crippen molar-refractivity contribution >= 4 is 21.8 Å². The van der Waals surface area contributed by atoms with E-state index in [4.69, 9.17) is 0 Å². The zero-order valence-electron chi connectivity index (χ0n) is 15.6. The van der Waals surface area contributed by atoms with Crippen molar-refractivity contribution in [2.75, 3.05) is 25.4 Å². The van der Waals surface area contributed by atoms with E-state index in [1.807, 2.05) is 0 Å². The van der Waals surface area contributed by atoms with Crippen LogP contribution in [0.1, 0.15) is 51.9 Å². The summed E-state index contributed by atoms with van der Waals surface area (Å²) in [6.45, 7) is 3.42. The number of sulfone groups is 1. The summed E-state index contributed by atoms with van der Waals surface area (Å²) >= 11 is 0. The molecule has 4 rings (SSSR count). The number of carbonyl (C=O) groups is 2. The topological polar surface area (TPSA) is 74.8 Å². The van der Waals surface area contributed by atoms with E-state index in [1.54, 1.807) is 11.8 Å². The maximum atomic E-state index is 13.0. The van der Waals surface area contributed by atoms with Crippen molar-refractivity contribution in [3.05, 3.63) is 0 Å². The van der Waals surface area contributed by atoms with Crippen molar-refractivity contribution in [3.63, 3.8) is 0 Å². The fraction of sp³-hybridized carbons (Fsp3) is 0.895. The predicted molar refractivity (Wildman–Crippen MR) is 98.2 cm³/mol. The Bertz CT molecular complexity index is 672. The maximum absolute atomic E-state index is 13.0. The second-order valence-corrected chi connectivity index (χ2v) is 11.4. The Morgan fingerprint density at radius 1 is 1.08 bits per heavy atom. The second-order valence-electron chi connectivity index (χ2n) is 8.89. The number of hydrogen-bond donors (Lipinski definition) is 0. The molecule has 2 aliphatic heterocycles. The second kappa shape index (κ2) is 6.80. The Morgan fingerprint density at radius 2 is 1.73 bits per heavy atom. The summed E-state index contributed by atoms with van der Waals surface area (Å²) in [6, 6.07) is -0.145. The van der Waals surface area contributed by atoms with Crippen molar-refractivity contribution in [3.8, 4) is 0 Å². The normalized spacial score (nSPS) is 32.4. The molecule has 26 heavy (non-hydrogen) atoms. The molecule has 0 aromatic heterocycles. The molecule has 7 heteroatoms. The third kappa shape index (κ3) is 3.78. The molecule has 0 N–H and O–H groups in total. The lowest BCUT2D eigenvalue weighted by molar-refractivity contribution is -0.131. The zero-order valence-corrected chi connectivity index (χ0v) is 16.4. The van der Waals surface area contributed by atoms with Crippen molar-refractivity contribution in [2.24, 2.45) is 23.7 Å². The van der Waals surface area contributed by atoms with Crippen LogP contribution in [0.2, 0.25) is 0 Å². The fourth-order valence-corrected chi connectivity index (χ4v) is 6.40. The summed E-state index contributed by atoms with van der Waals surface area (Å²) < 4.78 is 23.8. The lowest BCUT2D eigenvalue weighted by Crippen LogP contribution is -2.55. The summed E-state index contributed by atoms with van der Waals surface area (Å²) in [6.07, 6.45) is 6.62. The van der Waals surface area contributed by atoms with Crippen molar-refractivity contribution in [2.45, 2.75) is 57.1 Å². The molecule has 4 fully saturated rings. The number of imide groups is 1. The van der Waals surface area contributed by atoms with Gasteiger partial charge in [-0.05, 0) is 69.1 Å². The number of hydrogen-bond acceptors (Lipinski definition) is 4. The van der Waals surface area contributed by atoms with Gasteiger partial charge in [0.05, 0.1) is 11.0 Å². The summed E-state index contributed by atoms with van der Waals surface area (Å²) in [5, 5.41) is -0.326. The minimum absolute atomic E-state index is 0.0304. The molecule has 2 saturated carbocycles. The van der Waals surface area contributed by atoms with E-state index < -0.39 is 9.84 Å². The third-order valence-electron chi connectivity index (χ3n) is 6.81. The van der Waals surface area contributed by atoms with Crippen LogP contribution < -0.4 is 0 Å². The lowest BCUT2D eigenvalue weighted by Gasteiger charge is -2.39. The summed E-state index contributed by atoms with van der Waals surface area (Å²) in [5.74, 6) is 2.33. The Labute approximate surface area is 156 Å². The quantitative estimate of drug-likeness (QED) is 0.706. The van der Waals surface area contributed by atoms with Gasteiger partial charge in [0.1, 0.15) is 0 Å². The molecule has 6 nitrogen and oxygen atoms in total. The average Bonchev–Trinajstić information content (AvgIpc) is 3.46. The monoisotopic (exact) mass is 382 g/mol. The minimum atomic E-state index is -2.96. The minimum Gasteiger partial charge on any atom is -0.323 e. The highest BCUT2D eigenvalue weighted by Gasteiger charge is 2.45. The van der Waals surface area contributed by atoms with E-state index in [0.29, 0.717) is 56.7 Å². The van der Waals surface area contributed by atoms with Crippen LogP contribution >= 0.6 is 0 Å². The van der Waals surface area contributed by atoms with Crippen LogP contribution in [0, 0.1) is 23.7 Å².